The van der Waals surface area contributed by atoms with Gasteiger partial charge < -0.3 is 10.6 Å². The molecule has 3 rings (SSSR count). The Bertz CT molecular complexity index is 701. The van der Waals surface area contributed by atoms with E-state index in [1.807, 2.05) is 6.92 Å². The quantitative estimate of drug-likeness (QED) is 0.105. The van der Waals surface area contributed by atoms with Crippen molar-refractivity contribution in [2.75, 3.05) is 46.3 Å². The van der Waals surface area contributed by atoms with Gasteiger partial charge in [-0.25, -0.2) is 0 Å². The van der Waals surface area contributed by atoms with Crippen molar-refractivity contribution < 1.29 is 22.8 Å². The zero-order chi connectivity index (χ0) is 22.6. The number of guanidine groups is 1. The van der Waals surface area contributed by atoms with Gasteiger partial charge in [-0.15, -0.1) is 24.0 Å². The highest BCUT2D eigenvalue weighted by molar-refractivity contribution is 14.0. The Balaban J connectivity index is 0.00000363. The van der Waals surface area contributed by atoms with Crippen molar-refractivity contribution in [2.24, 2.45) is 28.7 Å². The van der Waals surface area contributed by atoms with Crippen LogP contribution in [0, 0.1) is 23.7 Å². The molecule has 0 radical (unpaired) electrons. The van der Waals surface area contributed by atoms with E-state index in [-0.39, 0.29) is 59.5 Å². The van der Waals surface area contributed by atoms with Crippen LogP contribution in [0.4, 0.5) is 13.2 Å². The van der Waals surface area contributed by atoms with Crippen LogP contribution >= 0.6 is 24.0 Å². The molecule has 2 N–H and O–H groups in total. The molecule has 0 spiro atoms. The molecule has 4 atom stereocenters. The molecule has 1 saturated carbocycles. The van der Waals surface area contributed by atoms with Crippen LogP contribution in [0.3, 0.4) is 0 Å². The van der Waals surface area contributed by atoms with E-state index in [0.29, 0.717) is 51.5 Å². The van der Waals surface area contributed by atoms with Crippen LogP contribution in [0.1, 0.15) is 26.2 Å². The first-order chi connectivity index (χ1) is 14.7. The summed E-state index contributed by atoms with van der Waals surface area (Å²) in [5.74, 6) is 0.608. The lowest BCUT2D eigenvalue weighted by Crippen LogP contribution is -2.39. The lowest BCUT2D eigenvalue weighted by molar-refractivity contribution is -0.143. The van der Waals surface area contributed by atoms with Gasteiger partial charge in [-0.1, -0.05) is 12.2 Å². The van der Waals surface area contributed by atoms with Gasteiger partial charge in [0, 0.05) is 26.2 Å². The summed E-state index contributed by atoms with van der Waals surface area (Å²) in [6.45, 7) is 3.30. The predicted molar refractivity (Wildman–Crippen MR) is 127 cm³/mol. The standard InChI is InChI=1S/C21H32F3N5O2.HI/c1-3-25-20(26-8-4-10-28(2)13-21(22,23)24)27-9-5-11-29-18(30)16-14-6-7-15(12-14)17(16)19(29)31;/h6-7,14-17H,3-5,8-13H2,1-2H3,(H2,25,26,27);1H. The Hall–Kier alpha value is -1.37. The summed E-state index contributed by atoms with van der Waals surface area (Å²) < 4.78 is 37.0. The molecule has 7 nitrogen and oxygen atoms in total. The minimum atomic E-state index is -4.19. The molecule has 1 saturated heterocycles. The number of imide groups is 1. The molecular formula is C21H33F3IN5O2. The van der Waals surface area contributed by atoms with Gasteiger partial charge in [-0.05, 0) is 51.6 Å². The SMILES string of the molecule is CCNC(=NCCCN1C(=O)C2C3C=CC(C3)C2C1=O)NCCCN(C)CC(F)(F)F.I. The van der Waals surface area contributed by atoms with Gasteiger partial charge in [0.05, 0.1) is 18.4 Å². The molecule has 0 aromatic rings. The summed E-state index contributed by atoms with van der Waals surface area (Å²) in [5.41, 5.74) is 0. The number of nitrogens with one attached hydrogen (secondary N) is 2. The van der Waals surface area contributed by atoms with Crippen LogP contribution in [0.2, 0.25) is 0 Å². The van der Waals surface area contributed by atoms with Gasteiger partial charge in [0.15, 0.2) is 5.96 Å². The van der Waals surface area contributed by atoms with Crippen molar-refractivity contribution >= 4 is 41.8 Å². The second-order valence-corrected chi connectivity index (χ2v) is 8.58. The van der Waals surface area contributed by atoms with Crippen LogP contribution in [0.25, 0.3) is 0 Å². The van der Waals surface area contributed by atoms with E-state index in [9.17, 15) is 22.8 Å². The molecule has 0 aromatic heterocycles. The minimum Gasteiger partial charge on any atom is -0.357 e. The first kappa shape index (κ1) is 26.9. The zero-order valence-electron chi connectivity index (χ0n) is 18.5. The number of carbonyl (C=O) groups excluding carboxylic acids is 2. The maximum Gasteiger partial charge on any atom is 0.401 e. The van der Waals surface area contributed by atoms with Crippen molar-refractivity contribution in [3.05, 3.63) is 12.2 Å². The highest BCUT2D eigenvalue weighted by atomic mass is 127. The number of allylic oxidation sites excluding steroid dienone is 2. The highest BCUT2D eigenvalue weighted by Crippen LogP contribution is 2.52. The van der Waals surface area contributed by atoms with Gasteiger partial charge in [0.2, 0.25) is 11.8 Å². The molecule has 11 heteroatoms. The average molecular weight is 571 g/mol. The molecule has 4 unspecified atom stereocenters. The number of hydrogen-bond donors (Lipinski definition) is 2. The molecular weight excluding hydrogens is 538 g/mol. The largest absolute Gasteiger partial charge is 0.401 e. The Morgan fingerprint density at radius 1 is 1.16 bits per heavy atom. The summed E-state index contributed by atoms with van der Waals surface area (Å²) in [5, 5.41) is 6.21. The van der Waals surface area contributed by atoms with Crippen LogP contribution in [0.5, 0.6) is 0 Å². The van der Waals surface area contributed by atoms with Gasteiger partial charge in [0.1, 0.15) is 0 Å². The first-order valence-corrected chi connectivity index (χ1v) is 11.0. The molecule has 3 aliphatic rings. The van der Waals surface area contributed by atoms with Gasteiger partial charge in [-0.2, -0.15) is 13.2 Å². The highest BCUT2D eigenvalue weighted by Gasteiger charge is 2.58. The van der Waals surface area contributed by atoms with E-state index in [0.717, 1.165) is 6.42 Å². The minimum absolute atomic E-state index is 0. The molecule has 2 amide bonds. The lowest BCUT2D eigenvalue weighted by atomic mass is 9.85. The number of halogens is 4. The summed E-state index contributed by atoms with van der Waals surface area (Å²) in [4.78, 5) is 32.4. The maximum atomic E-state index is 12.7. The number of hydrogen-bond acceptors (Lipinski definition) is 4. The number of nitrogens with zero attached hydrogens (tertiary/aromatic N) is 3. The van der Waals surface area contributed by atoms with Crippen molar-refractivity contribution in [1.29, 1.82) is 0 Å². The number of alkyl halides is 3. The monoisotopic (exact) mass is 571 g/mol. The van der Waals surface area contributed by atoms with Gasteiger partial charge in [0.25, 0.3) is 0 Å². The molecule has 182 valence electrons. The Morgan fingerprint density at radius 3 is 2.34 bits per heavy atom. The normalized spacial score (nSPS) is 26.7. The van der Waals surface area contributed by atoms with Crippen molar-refractivity contribution in [1.82, 2.24) is 20.4 Å². The molecule has 1 heterocycles. The number of rotatable bonds is 10. The van der Waals surface area contributed by atoms with E-state index in [4.69, 9.17) is 0 Å². The molecule has 32 heavy (non-hydrogen) atoms. The van der Waals surface area contributed by atoms with E-state index in [1.165, 1.54) is 16.8 Å². The number of fused-ring (bicyclic) bond motifs is 5. The smallest absolute Gasteiger partial charge is 0.357 e. The molecule has 1 aliphatic heterocycles. The van der Waals surface area contributed by atoms with Crippen molar-refractivity contribution in [3.63, 3.8) is 0 Å². The van der Waals surface area contributed by atoms with E-state index < -0.39 is 12.7 Å². The fourth-order valence-electron chi connectivity index (χ4n) is 4.89. The van der Waals surface area contributed by atoms with E-state index in [2.05, 4.69) is 27.8 Å². The summed E-state index contributed by atoms with van der Waals surface area (Å²) in [6.07, 6.45) is 2.03. The number of amides is 2. The lowest BCUT2D eigenvalue weighted by Gasteiger charge is -2.19. The van der Waals surface area contributed by atoms with Crippen LogP contribution < -0.4 is 10.6 Å². The van der Waals surface area contributed by atoms with Crippen molar-refractivity contribution in [3.8, 4) is 0 Å². The summed E-state index contributed by atoms with van der Waals surface area (Å²) in [7, 11) is 1.45. The second-order valence-electron chi connectivity index (χ2n) is 8.58. The fourth-order valence-corrected chi connectivity index (χ4v) is 4.89. The maximum absolute atomic E-state index is 12.7. The van der Waals surface area contributed by atoms with Gasteiger partial charge in [-0.3, -0.25) is 24.4 Å². The third-order valence-corrected chi connectivity index (χ3v) is 6.17. The Morgan fingerprint density at radius 2 is 1.78 bits per heavy atom. The number of likely N-dealkylation sites (tertiary alicyclic amines) is 1. The average Bonchev–Trinajstić information content (AvgIpc) is 3.36. The Kier molecular flexibility index (Phi) is 9.80. The zero-order valence-corrected chi connectivity index (χ0v) is 20.9. The van der Waals surface area contributed by atoms with E-state index in [1.54, 1.807) is 0 Å². The van der Waals surface area contributed by atoms with Crippen LogP contribution in [-0.2, 0) is 9.59 Å². The first-order valence-electron chi connectivity index (χ1n) is 11.0. The number of aliphatic imine (C=N–C) groups is 1. The van der Waals surface area contributed by atoms with Crippen LogP contribution in [-0.4, -0.2) is 80.1 Å². The predicted octanol–water partition coefficient (Wildman–Crippen LogP) is 2.24. The summed E-state index contributed by atoms with van der Waals surface area (Å²) >= 11 is 0. The fraction of sp³-hybridized carbons (Fsp3) is 0.762. The molecule has 0 aromatic carbocycles. The van der Waals surface area contributed by atoms with Crippen molar-refractivity contribution in [2.45, 2.75) is 32.4 Å². The second kappa shape index (κ2) is 11.7. The van der Waals surface area contributed by atoms with E-state index >= 15 is 0 Å². The molecule has 2 bridgehead atoms. The summed E-state index contributed by atoms with van der Waals surface area (Å²) in [6, 6.07) is 0. The third kappa shape index (κ3) is 6.58. The van der Waals surface area contributed by atoms with Gasteiger partial charge >= 0.3 is 6.18 Å². The third-order valence-electron chi connectivity index (χ3n) is 6.17. The molecule has 2 aliphatic carbocycles. The Labute approximate surface area is 204 Å². The number of carbonyl (C=O) groups is 2. The topological polar surface area (TPSA) is 77.0 Å². The van der Waals surface area contributed by atoms with Crippen LogP contribution in [0.15, 0.2) is 17.1 Å². The molecule has 2 fully saturated rings.